The molecule has 4 aromatic heterocycles. The van der Waals surface area contributed by atoms with Gasteiger partial charge in [-0.3, -0.25) is 0 Å². The van der Waals surface area contributed by atoms with Crippen LogP contribution in [-0.2, 0) is 6.54 Å². The van der Waals surface area contributed by atoms with Crippen LogP contribution in [0.2, 0.25) is 0 Å². The van der Waals surface area contributed by atoms with Crippen LogP contribution in [0.3, 0.4) is 0 Å². The van der Waals surface area contributed by atoms with E-state index in [1.807, 2.05) is 41.9 Å². The third-order valence-electron chi connectivity index (χ3n) is 3.68. The minimum atomic E-state index is 0.443. The fraction of sp³-hybridized carbons (Fsp3) is 0.125. The molecule has 4 aromatic rings. The van der Waals surface area contributed by atoms with E-state index < -0.39 is 0 Å². The number of aryl methyl sites for hydroxylation is 1. The number of rotatable bonds is 3. The lowest BCUT2D eigenvalue weighted by Gasteiger charge is -2.06. The summed E-state index contributed by atoms with van der Waals surface area (Å²) in [4.78, 5) is 17.3. The number of hydrogen-bond donors (Lipinski definition) is 2. The number of fused-ring (bicyclic) bond motifs is 2. The average Bonchev–Trinajstić information content (AvgIpc) is 2.97. The van der Waals surface area contributed by atoms with Gasteiger partial charge in [0.1, 0.15) is 23.6 Å². The van der Waals surface area contributed by atoms with Crippen LogP contribution in [-0.4, -0.2) is 24.3 Å². The fourth-order valence-corrected chi connectivity index (χ4v) is 2.56. The molecule has 0 fully saturated rings. The number of nitrogens with zero attached hydrogens (tertiary/aromatic N) is 5. The predicted molar refractivity (Wildman–Crippen MR) is 89.0 cm³/mol. The number of imidazole rings is 1. The second kappa shape index (κ2) is 5.20. The Morgan fingerprint density at radius 1 is 1.17 bits per heavy atom. The first-order chi connectivity index (χ1) is 11.2. The molecule has 0 radical (unpaired) electrons. The van der Waals surface area contributed by atoms with Gasteiger partial charge in [0.15, 0.2) is 5.65 Å². The van der Waals surface area contributed by atoms with Gasteiger partial charge in [-0.05, 0) is 30.7 Å². The number of nitrogens with one attached hydrogen (secondary N) is 1. The molecule has 0 unspecified atom stereocenters. The van der Waals surface area contributed by atoms with Crippen LogP contribution in [0.5, 0.6) is 0 Å². The highest BCUT2D eigenvalue weighted by Crippen LogP contribution is 2.19. The lowest BCUT2D eigenvalue weighted by Crippen LogP contribution is -2.03. The molecule has 0 amide bonds. The summed E-state index contributed by atoms with van der Waals surface area (Å²) in [6.45, 7) is 2.62. The van der Waals surface area contributed by atoms with Gasteiger partial charge in [0, 0.05) is 12.4 Å². The van der Waals surface area contributed by atoms with Crippen LogP contribution in [0.25, 0.3) is 16.7 Å². The van der Waals surface area contributed by atoms with Crippen molar-refractivity contribution in [2.75, 3.05) is 11.1 Å². The number of nitrogens with two attached hydrogens (primary N) is 1. The molecular formula is C16H15N7. The van der Waals surface area contributed by atoms with E-state index in [0.29, 0.717) is 18.0 Å². The Morgan fingerprint density at radius 2 is 2.09 bits per heavy atom. The van der Waals surface area contributed by atoms with Gasteiger partial charge in [-0.25, -0.2) is 19.9 Å². The van der Waals surface area contributed by atoms with Crippen molar-refractivity contribution in [1.29, 1.82) is 0 Å². The molecule has 0 bridgehead atoms. The molecule has 4 heterocycles. The molecule has 4 rings (SSSR count). The van der Waals surface area contributed by atoms with Gasteiger partial charge in [0.25, 0.3) is 0 Å². The third kappa shape index (κ3) is 2.42. The second-order valence-electron chi connectivity index (χ2n) is 5.34. The van der Waals surface area contributed by atoms with Gasteiger partial charge in [0.05, 0.1) is 17.6 Å². The van der Waals surface area contributed by atoms with Gasteiger partial charge in [-0.2, -0.15) is 0 Å². The van der Waals surface area contributed by atoms with E-state index in [4.69, 9.17) is 5.73 Å². The number of anilines is 2. The van der Waals surface area contributed by atoms with Crippen LogP contribution in [0.1, 0.15) is 11.3 Å². The van der Waals surface area contributed by atoms with Crippen LogP contribution < -0.4 is 11.1 Å². The molecule has 0 atom stereocenters. The van der Waals surface area contributed by atoms with Crippen molar-refractivity contribution in [1.82, 2.24) is 24.3 Å². The third-order valence-corrected chi connectivity index (χ3v) is 3.68. The van der Waals surface area contributed by atoms with Crippen molar-refractivity contribution in [2.45, 2.75) is 13.5 Å². The Labute approximate surface area is 132 Å². The summed E-state index contributed by atoms with van der Waals surface area (Å²) in [6, 6.07) is 7.67. The number of aromatic nitrogens is 5. The van der Waals surface area contributed by atoms with E-state index >= 15 is 0 Å². The lowest BCUT2D eigenvalue weighted by molar-refractivity contribution is 1.05. The normalized spacial score (nSPS) is 11.2. The molecule has 0 aliphatic carbocycles. The predicted octanol–water partition coefficient (Wildman–Crippen LogP) is 2.18. The zero-order chi connectivity index (χ0) is 15.8. The quantitative estimate of drug-likeness (QED) is 0.602. The van der Waals surface area contributed by atoms with Crippen molar-refractivity contribution in [3.05, 3.63) is 54.2 Å². The smallest absolute Gasteiger partial charge is 0.166 e. The molecule has 0 saturated carbocycles. The van der Waals surface area contributed by atoms with Crippen LogP contribution in [0, 0.1) is 6.92 Å². The van der Waals surface area contributed by atoms with Gasteiger partial charge in [-0.1, -0.05) is 6.07 Å². The average molecular weight is 305 g/mol. The maximum atomic E-state index is 5.69. The lowest BCUT2D eigenvalue weighted by atomic mass is 10.3. The van der Waals surface area contributed by atoms with Gasteiger partial charge in [0.2, 0.25) is 0 Å². The first kappa shape index (κ1) is 13.4. The van der Waals surface area contributed by atoms with Crippen molar-refractivity contribution in [3.63, 3.8) is 0 Å². The molecule has 0 saturated heterocycles. The van der Waals surface area contributed by atoms with E-state index in [1.54, 1.807) is 6.07 Å². The van der Waals surface area contributed by atoms with E-state index in [9.17, 15) is 0 Å². The van der Waals surface area contributed by atoms with Crippen LogP contribution >= 0.6 is 0 Å². The molecule has 0 aliphatic heterocycles. The van der Waals surface area contributed by atoms with Gasteiger partial charge in [-0.15, -0.1) is 0 Å². The fourth-order valence-electron chi connectivity index (χ4n) is 2.56. The zero-order valence-corrected chi connectivity index (χ0v) is 12.6. The maximum absolute atomic E-state index is 5.69. The summed E-state index contributed by atoms with van der Waals surface area (Å²) in [5, 5.41) is 4.13. The Bertz CT molecular complexity index is 1010. The molecule has 0 aromatic carbocycles. The largest absolute Gasteiger partial charge is 0.384 e. The highest BCUT2D eigenvalue weighted by atomic mass is 15.1. The molecule has 7 nitrogen and oxygen atoms in total. The molecule has 23 heavy (non-hydrogen) atoms. The molecule has 3 N–H and O–H groups in total. The van der Waals surface area contributed by atoms with E-state index in [0.717, 1.165) is 28.1 Å². The van der Waals surface area contributed by atoms with Crippen LogP contribution in [0.4, 0.5) is 11.6 Å². The summed E-state index contributed by atoms with van der Waals surface area (Å²) >= 11 is 0. The van der Waals surface area contributed by atoms with Crippen LogP contribution in [0.15, 0.2) is 43.0 Å². The maximum Gasteiger partial charge on any atom is 0.166 e. The Balaban J connectivity index is 1.64. The van der Waals surface area contributed by atoms with E-state index in [2.05, 4.69) is 25.3 Å². The summed E-state index contributed by atoms with van der Waals surface area (Å²) in [5.74, 6) is 1.16. The first-order valence-corrected chi connectivity index (χ1v) is 7.25. The number of pyridine rings is 2. The topological polar surface area (TPSA) is 94.0 Å². The standard InChI is InChI=1S/C16H15N7/c1-10-3-2-6-23-8-11(21-16(10)23)7-18-14-12-4-5-13(17)22-15(12)20-9-19-14/h2-6,8-9H,7H2,1H3,(H3,17,18,19,20,22). The Hall–Kier alpha value is -3.22. The van der Waals surface area contributed by atoms with Gasteiger partial charge < -0.3 is 15.5 Å². The monoisotopic (exact) mass is 305 g/mol. The molecule has 114 valence electrons. The molecule has 0 aliphatic rings. The SMILES string of the molecule is Cc1cccn2cc(CNc3ncnc4nc(N)ccc34)nc12. The zero-order valence-electron chi connectivity index (χ0n) is 12.6. The van der Waals surface area contributed by atoms with Crippen molar-refractivity contribution < 1.29 is 0 Å². The molecular weight excluding hydrogens is 290 g/mol. The van der Waals surface area contributed by atoms with E-state index in [-0.39, 0.29) is 0 Å². The summed E-state index contributed by atoms with van der Waals surface area (Å²) in [5.41, 5.74) is 9.32. The number of nitrogen functional groups attached to an aromatic ring is 1. The summed E-state index contributed by atoms with van der Waals surface area (Å²) in [6.07, 6.45) is 5.48. The van der Waals surface area contributed by atoms with Gasteiger partial charge >= 0.3 is 0 Å². The highest BCUT2D eigenvalue weighted by Gasteiger charge is 2.07. The minimum Gasteiger partial charge on any atom is -0.384 e. The number of hydrogen-bond acceptors (Lipinski definition) is 6. The van der Waals surface area contributed by atoms with Crippen molar-refractivity contribution >= 4 is 28.3 Å². The summed E-state index contributed by atoms with van der Waals surface area (Å²) in [7, 11) is 0. The van der Waals surface area contributed by atoms with Crippen molar-refractivity contribution in [3.8, 4) is 0 Å². The van der Waals surface area contributed by atoms with E-state index in [1.165, 1.54) is 6.33 Å². The van der Waals surface area contributed by atoms with Crippen molar-refractivity contribution in [2.24, 2.45) is 0 Å². The Kier molecular flexibility index (Phi) is 3.04. The summed E-state index contributed by atoms with van der Waals surface area (Å²) < 4.78 is 2.02. The first-order valence-electron chi connectivity index (χ1n) is 7.25. The molecule has 0 spiro atoms. The molecule has 7 heteroatoms. The Morgan fingerprint density at radius 3 is 2.96 bits per heavy atom. The minimum absolute atomic E-state index is 0.443. The second-order valence-corrected chi connectivity index (χ2v) is 5.34. The highest BCUT2D eigenvalue weighted by molar-refractivity contribution is 5.86.